The van der Waals surface area contributed by atoms with E-state index in [-0.39, 0.29) is 0 Å². The Bertz CT molecular complexity index is 167. The molecule has 1 atom stereocenters. The lowest BCUT2D eigenvalue weighted by Crippen LogP contribution is -2.31. The fourth-order valence-corrected chi connectivity index (χ4v) is 2.19. The molecule has 1 unspecified atom stereocenters. The maximum Gasteiger partial charge on any atom is 0.0503 e. The van der Waals surface area contributed by atoms with E-state index in [4.69, 9.17) is 9.47 Å². The van der Waals surface area contributed by atoms with Gasteiger partial charge in [0, 0.05) is 40.5 Å². The van der Waals surface area contributed by atoms with Gasteiger partial charge >= 0.3 is 0 Å². The molecule has 0 radical (unpaired) electrons. The molecule has 1 aliphatic heterocycles. The molecular weight excluding hydrogens is 204 g/mol. The zero-order valence-electron chi connectivity index (χ0n) is 10.7. The summed E-state index contributed by atoms with van der Waals surface area (Å²) in [6.45, 7) is 7.51. The highest BCUT2D eigenvalue weighted by atomic mass is 16.5. The molecule has 0 saturated carbocycles. The number of nitrogens with zero attached hydrogens (tertiary/aromatic N) is 1. The minimum absolute atomic E-state index is 0.749. The molecule has 4 nitrogen and oxygen atoms in total. The summed E-state index contributed by atoms with van der Waals surface area (Å²) in [7, 11) is 3.54. The lowest BCUT2D eigenvalue weighted by Gasteiger charge is -2.16. The summed E-state index contributed by atoms with van der Waals surface area (Å²) in [6, 6.07) is 0. The molecule has 1 heterocycles. The first-order valence-corrected chi connectivity index (χ1v) is 6.27. The lowest BCUT2D eigenvalue weighted by atomic mass is 10.1. The fourth-order valence-electron chi connectivity index (χ4n) is 2.19. The smallest absolute Gasteiger partial charge is 0.0503 e. The SMILES string of the molecule is COCCCNCCN1CCC(COC)C1. The molecule has 4 heteroatoms. The number of ether oxygens (including phenoxy) is 2. The first kappa shape index (κ1) is 13.9. The van der Waals surface area contributed by atoms with Crippen LogP contribution in [0, 0.1) is 5.92 Å². The van der Waals surface area contributed by atoms with Crippen LogP contribution in [0.5, 0.6) is 0 Å². The van der Waals surface area contributed by atoms with Gasteiger partial charge in [0.05, 0.1) is 6.61 Å². The number of nitrogens with one attached hydrogen (secondary N) is 1. The topological polar surface area (TPSA) is 33.7 Å². The average molecular weight is 230 g/mol. The van der Waals surface area contributed by atoms with Gasteiger partial charge in [-0.15, -0.1) is 0 Å². The standard InChI is InChI=1S/C12H26N2O2/c1-15-9-3-5-13-6-8-14-7-4-12(10-14)11-16-2/h12-13H,3-11H2,1-2H3. The second kappa shape index (κ2) is 8.93. The minimum atomic E-state index is 0.749. The van der Waals surface area contributed by atoms with E-state index in [9.17, 15) is 0 Å². The van der Waals surface area contributed by atoms with Gasteiger partial charge < -0.3 is 19.7 Å². The van der Waals surface area contributed by atoms with E-state index < -0.39 is 0 Å². The van der Waals surface area contributed by atoms with Gasteiger partial charge in [0.15, 0.2) is 0 Å². The zero-order valence-corrected chi connectivity index (χ0v) is 10.7. The predicted molar refractivity (Wildman–Crippen MR) is 65.8 cm³/mol. The molecular formula is C12H26N2O2. The molecule has 0 aromatic carbocycles. The molecule has 0 aromatic heterocycles. The normalized spacial score (nSPS) is 21.8. The van der Waals surface area contributed by atoms with Crippen molar-refractivity contribution < 1.29 is 9.47 Å². The molecule has 96 valence electrons. The van der Waals surface area contributed by atoms with Crippen molar-refractivity contribution in [2.24, 2.45) is 5.92 Å². The monoisotopic (exact) mass is 230 g/mol. The Labute approximate surface area is 99.3 Å². The van der Waals surface area contributed by atoms with Gasteiger partial charge in [-0.25, -0.2) is 0 Å². The Morgan fingerprint density at radius 2 is 2.12 bits per heavy atom. The molecule has 1 rings (SSSR count). The van der Waals surface area contributed by atoms with E-state index in [1.54, 1.807) is 14.2 Å². The van der Waals surface area contributed by atoms with E-state index in [1.165, 1.54) is 19.5 Å². The Kier molecular flexibility index (Phi) is 7.76. The third-order valence-electron chi connectivity index (χ3n) is 3.08. The van der Waals surface area contributed by atoms with Crippen molar-refractivity contribution >= 4 is 0 Å². The van der Waals surface area contributed by atoms with Crippen molar-refractivity contribution in [3.05, 3.63) is 0 Å². The molecule has 1 fully saturated rings. The molecule has 1 saturated heterocycles. The molecule has 0 aliphatic carbocycles. The summed E-state index contributed by atoms with van der Waals surface area (Å²) in [6.07, 6.45) is 2.39. The van der Waals surface area contributed by atoms with Crippen molar-refractivity contribution in [1.29, 1.82) is 0 Å². The highest BCUT2D eigenvalue weighted by Gasteiger charge is 2.21. The number of methoxy groups -OCH3 is 2. The van der Waals surface area contributed by atoms with Gasteiger partial charge in [0.1, 0.15) is 0 Å². The van der Waals surface area contributed by atoms with Gasteiger partial charge in [-0.1, -0.05) is 0 Å². The van der Waals surface area contributed by atoms with Gasteiger partial charge in [-0.2, -0.15) is 0 Å². The van der Waals surface area contributed by atoms with E-state index >= 15 is 0 Å². The summed E-state index contributed by atoms with van der Waals surface area (Å²) >= 11 is 0. The van der Waals surface area contributed by atoms with Crippen LogP contribution in [-0.4, -0.2) is 65.1 Å². The van der Waals surface area contributed by atoms with Crippen molar-refractivity contribution in [3.8, 4) is 0 Å². The molecule has 0 amide bonds. The molecule has 16 heavy (non-hydrogen) atoms. The minimum Gasteiger partial charge on any atom is -0.385 e. The maximum absolute atomic E-state index is 5.19. The predicted octanol–water partition coefficient (Wildman–Crippen LogP) is 0.581. The summed E-state index contributed by atoms with van der Waals surface area (Å²) < 4.78 is 10.2. The van der Waals surface area contributed by atoms with Crippen LogP contribution in [0.1, 0.15) is 12.8 Å². The van der Waals surface area contributed by atoms with Crippen molar-refractivity contribution in [1.82, 2.24) is 10.2 Å². The quantitative estimate of drug-likeness (QED) is 0.588. The van der Waals surface area contributed by atoms with Gasteiger partial charge in [-0.05, 0) is 31.8 Å². The van der Waals surface area contributed by atoms with E-state index in [1.807, 2.05) is 0 Å². The van der Waals surface area contributed by atoms with Crippen LogP contribution in [0.3, 0.4) is 0 Å². The van der Waals surface area contributed by atoms with Crippen LogP contribution in [0.4, 0.5) is 0 Å². The van der Waals surface area contributed by atoms with Gasteiger partial charge in [0.2, 0.25) is 0 Å². The lowest BCUT2D eigenvalue weighted by molar-refractivity contribution is 0.153. The van der Waals surface area contributed by atoms with Crippen LogP contribution in [0.25, 0.3) is 0 Å². The van der Waals surface area contributed by atoms with Crippen molar-refractivity contribution in [3.63, 3.8) is 0 Å². The number of hydrogen-bond acceptors (Lipinski definition) is 4. The Balaban J connectivity index is 1.90. The van der Waals surface area contributed by atoms with Crippen LogP contribution in [0.2, 0.25) is 0 Å². The zero-order chi connectivity index (χ0) is 11.6. The summed E-state index contributed by atoms with van der Waals surface area (Å²) in [4.78, 5) is 2.52. The van der Waals surface area contributed by atoms with Crippen LogP contribution >= 0.6 is 0 Å². The Hall–Kier alpha value is -0.160. The summed E-state index contributed by atoms with van der Waals surface area (Å²) in [5, 5.41) is 3.44. The maximum atomic E-state index is 5.19. The molecule has 1 aliphatic rings. The number of rotatable bonds is 9. The Morgan fingerprint density at radius 3 is 2.88 bits per heavy atom. The van der Waals surface area contributed by atoms with E-state index in [0.29, 0.717) is 0 Å². The second-order valence-electron chi connectivity index (χ2n) is 4.51. The summed E-state index contributed by atoms with van der Waals surface area (Å²) in [5.74, 6) is 0.749. The fraction of sp³-hybridized carbons (Fsp3) is 1.00. The first-order chi connectivity index (χ1) is 7.86. The second-order valence-corrected chi connectivity index (χ2v) is 4.51. The number of hydrogen-bond donors (Lipinski definition) is 1. The Morgan fingerprint density at radius 1 is 1.25 bits per heavy atom. The van der Waals surface area contributed by atoms with E-state index in [2.05, 4.69) is 10.2 Å². The largest absolute Gasteiger partial charge is 0.385 e. The van der Waals surface area contributed by atoms with Crippen molar-refractivity contribution in [2.45, 2.75) is 12.8 Å². The average Bonchev–Trinajstić information content (AvgIpc) is 2.72. The molecule has 0 spiro atoms. The van der Waals surface area contributed by atoms with Crippen LogP contribution < -0.4 is 5.32 Å². The molecule has 1 N–H and O–H groups in total. The van der Waals surface area contributed by atoms with E-state index in [0.717, 1.165) is 45.2 Å². The van der Waals surface area contributed by atoms with Gasteiger partial charge in [-0.3, -0.25) is 0 Å². The van der Waals surface area contributed by atoms with Crippen molar-refractivity contribution in [2.75, 3.05) is 60.2 Å². The first-order valence-electron chi connectivity index (χ1n) is 6.27. The molecule has 0 bridgehead atoms. The number of likely N-dealkylation sites (tertiary alicyclic amines) is 1. The highest BCUT2D eigenvalue weighted by molar-refractivity contribution is 4.75. The third-order valence-corrected chi connectivity index (χ3v) is 3.08. The van der Waals surface area contributed by atoms with Gasteiger partial charge in [0.25, 0.3) is 0 Å². The van der Waals surface area contributed by atoms with Crippen LogP contribution in [0.15, 0.2) is 0 Å². The summed E-state index contributed by atoms with van der Waals surface area (Å²) in [5.41, 5.74) is 0. The highest BCUT2D eigenvalue weighted by Crippen LogP contribution is 2.15. The third kappa shape index (κ3) is 5.80. The van der Waals surface area contributed by atoms with Crippen LogP contribution in [-0.2, 0) is 9.47 Å². The molecule has 0 aromatic rings.